The van der Waals surface area contributed by atoms with Crippen molar-refractivity contribution in [2.75, 3.05) is 5.32 Å². The summed E-state index contributed by atoms with van der Waals surface area (Å²) in [5.74, 6) is 0.315. The van der Waals surface area contributed by atoms with Gasteiger partial charge in [0.05, 0.1) is 10.6 Å². The Morgan fingerprint density at radius 3 is 2.65 bits per heavy atom. The minimum absolute atomic E-state index is 0.135. The fourth-order valence-electron chi connectivity index (χ4n) is 2.70. The minimum Gasteiger partial charge on any atom is -0.302 e. The Morgan fingerprint density at radius 1 is 1.25 bits per heavy atom. The van der Waals surface area contributed by atoms with Crippen LogP contribution in [-0.4, -0.2) is 10.9 Å². The maximum Gasteiger partial charge on any atom is 0.229 e. The number of nitrogens with zero attached hydrogens (tertiary/aromatic N) is 1. The van der Waals surface area contributed by atoms with Crippen LogP contribution in [0, 0.1) is 12.8 Å². The van der Waals surface area contributed by atoms with Gasteiger partial charge in [-0.1, -0.05) is 54.5 Å². The van der Waals surface area contributed by atoms with E-state index in [0.29, 0.717) is 0 Å². The highest BCUT2D eigenvalue weighted by Gasteiger charge is 2.23. The molecule has 3 nitrogen and oxygen atoms in total. The third kappa shape index (κ3) is 2.75. The highest BCUT2D eigenvalue weighted by molar-refractivity contribution is 7.19. The molecule has 0 spiro atoms. The summed E-state index contributed by atoms with van der Waals surface area (Å²) in [4.78, 5) is 17.7. The van der Waals surface area contributed by atoms with Crippen LogP contribution in [0.4, 0.5) is 5.13 Å². The average Bonchev–Trinajstić information content (AvgIpc) is 3.09. The Bertz CT molecular complexity index is 600. The number of aromatic nitrogens is 1. The second-order valence-corrected chi connectivity index (χ2v) is 6.27. The Hall–Kier alpha value is -1.68. The molecule has 3 rings (SSSR count). The molecule has 1 aromatic carbocycles. The largest absolute Gasteiger partial charge is 0.302 e. The quantitative estimate of drug-likeness (QED) is 0.916. The van der Waals surface area contributed by atoms with Gasteiger partial charge < -0.3 is 5.32 Å². The van der Waals surface area contributed by atoms with Gasteiger partial charge in [0.15, 0.2) is 5.13 Å². The van der Waals surface area contributed by atoms with Gasteiger partial charge in [-0.2, -0.15) is 0 Å². The van der Waals surface area contributed by atoms with Crippen molar-refractivity contribution < 1.29 is 4.79 Å². The molecule has 1 fully saturated rings. The van der Waals surface area contributed by atoms with Gasteiger partial charge in [-0.3, -0.25) is 4.79 Å². The van der Waals surface area contributed by atoms with E-state index in [1.165, 1.54) is 12.8 Å². The number of amides is 1. The molecule has 0 saturated heterocycles. The molecular weight excluding hydrogens is 268 g/mol. The van der Waals surface area contributed by atoms with Crippen LogP contribution in [0.3, 0.4) is 0 Å². The third-order valence-electron chi connectivity index (χ3n) is 3.79. The van der Waals surface area contributed by atoms with E-state index in [0.717, 1.165) is 34.1 Å². The molecule has 1 aliphatic carbocycles. The Labute approximate surface area is 123 Å². The van der Waals surface area contributed by atoms with Gasteiger partial charge >= 0.3 is 0 Å². The number of hydrogen-bond acceptors (Lipinski definition) is 3. The molecule has 4 heteroatoms. The Balaban J connectivity index is 1.77. The first kappa shape index (κ1) is 13.3. The molecule has 1 aliphatic rings. The topological polar surface area (TPSA) is 42.0 Å². The van der Waals surface area contributed by atoms with E-state index >= 15 is 0 Å². The second-order valence-electron chi connectivity index (χ2n) is 5.27. The Morgan fingerprint density at radius 2 is 1.95 bits per heavy atom. The van der Waals surface area contributed by atoms with Crippen molar-refractivity contribution in [3.63, 3.8) is 0 Å². The Kier molecular flexibility index (Phi) is 3.83. The lowest BCUT2D eigenvalue weighted by Crippen LogP contribution is -2.20. The predicted octanol–water partition coefficient (Wildman–Crippen LogP) is 4.25. The summed E-state index contributed by atoms with van der Waals surface area (Å²) in [5, 5.41) is 3.70. The predicted molar refractivity (Wildman–Crippen MR) is 82.9 cm³/mol. The van der Waals surface area contributed by atoms with Crippen LogP contribution in [0.1, 0.15) is 31.4 Å². The summed E-state index contributed by atoms with van der Waals surface area (Å²) in [6.45, 7) is 1.99. The van der Waals surface area contributed by atoms with Gasteiger partial charge in [-0.25, -0.2) is 4.98 Å². The van der Waals surface area contributed by atoms with Gasteiger partial charge in [0.25, 0.3) is 0 Å². The monoisotopic (exact) mass is 286 g/mol. The van der Waals surface area contributed by atoms with Crippen molar-refractivity contribution in [3.8, 4) is 10.4 Å². The van der Waals surface area contributed by atoms with Crippen LogP contribution in [0.15, 0.2) is 30.3 Å². The number of thiazole rings is 1. The number of aryl methyl sites for hydroxylation is 1. The van der Waals surface area contributed by atoms with Crippen molar-refractivity contribution in [3.05, 3.63) is 36.0 Å². The molecule has 1 amide bonds. The van der Waals surface area contributed by atoms with E-state index in [2.05, 4.69) is 22.4 Å². The molecule has 20 heavy (non-hydrogen) atoms. The van der Waals surface area contributed by atoms with E-state index < -0.39 is 0 Å². The van der Waals surface area contributed by atoms with Gasteiger partial charge in [-0.15, -0.1) is 0 Å². The fraction of sp³-hybridized carbons (Fsp3) is 0.375. The summed E-state index contributed by atoms with van der Waals surface area (Å²) in [6.07, 6.45) is 4.37. The van der Waals surface area contributed by atoms with E-state index in [9.17, 15) is 4.79 Å². The molecular formula is C16H18N2OS. The van der Waals surface area contributed by atoms with Crippen molar-refractivity contribution in [1.82, 2.24) is 4.98 Å². The number of rotatable bonds is 3. The van der Waals surface area contributed by atoms with E-state index in [1.807, 2.05) is 25.1 Å². The minimum atomic E-state index is 0.135. The van der Waals surface area contributed by atoms with Gasteiger partial charge in [-0.05, 0) is 25.3 Å². The van der Waals surface area contributed by atoms with Gasteiger partial charge in [0.2, 0.25) is 5.91 Å². The zero-order valence-electron chi connectivity index (χ0n) is 11.6. The van der Waals surface area contributed by atoms with Crippen molar-refractivity contribution >= 4 is 22.4 Å². The molecule has 1 aromatic heterocycles. The lowest BCUT2D eigenvalue weighted by atomic mass is 10.1. The van der Waals surface area contributed by atoms with Crippen LogP contribution in [0.25, 0.3) is 10.4 Å². The average molecular weight is 286 g/mol. The van der Waals surface area contributed by atoms with Crippen LogP contribution >= 0.6 is 11.3 Å². The number of carbonyl (C=O) groups is 1. The van der Waals surface area contributed by atoms with Crippen LogP contribution < -0.4 is 5.32 Å². The number of carbonyl (C=O) groups excluding carboxylic acids is 1. The van der Waals surface area contributed by atoms with Crippen molar-refractivity contribution in [1.29, 1.82) is 0 Å². The number of hydrogen-bond donors (Lipinski definition) is 1. The summed E-state index contributed by atoms with van der Waals surface area (Å²) >= 11 is 1.56. The van der Waals surface area contributed by atoms with Gasteiger partial charge in [0, 0.05) is 5.92 Å². The highest BCUT2D eigenvalue weighted by atomic mass is 32.1. The first-order valence-corrected chi connectivity index (χ1v) is 7.89. The number of benzene rings is 1. The zero-order valence-corrected chi connectivity index (χ0v) is 12.4. The summed E-state index contributed by atoms with van der Waals surface area (Å²) in [6, 6.07) is 10.2. The van der Waals surface area contributed by atoms with E-state index in [4.69, 9.17) is 0 Å². The van der Waals surface area contributed by atoms with Crippen LogP contribution in [0.2, 0.25) is 0 Å². The molecule has 0 bridgehead atoms. The standard InChI is InChI=1S/C16H18N2OS/c1-11-14(12-7-3-2-4-8-12)20-16(17-11)18-15(19)13-9-5-6-10-13/h2-4,7-8,13H,5-6,9-10H2,1H3,(H,17,18,19). The van der Waals surface area contributed by atoms with E-state index in [1.54, 1.807) is 11.3 Å². The number of nitrogens with one attached hydrogen (secondary N) is 1. The maximum atomic E-state index is 12.1. The molecule has 2 aromatic rings. The summed E-state index contributed by atoms with van der Waals surface area (Å²) in [7, 11) is 0. The molecule has 1 N–H and O–H groups in total. The highest BCUT2D eigenvalue weighted by Crippen LogP contribution is 2.33. The van der Waals surface area contributed by atoms with Crippen molar-refractivity contribution in [2.45, 2.75) is 32.6 Å². The molecule has 0 atom stereocenters. The maximum absolute atomic E-state index is 12.1. The van der Waals surface area contributed by atoms with Crippen LogP contribution in [0.5, 0.6) is 0 Å². The summed E-state index contributed by atoms with van der Waals surface area (Å²) < 4.78 is 0. The molecule has 1 saturated carbocycles. The number of anilines is 1. The van der Waals surface area contributed by atoms with Crippen LogP contribution in [-0.2, 0) is 4.79 Å². The van der Waals surface area contributed by atoms with Gasteiger partial charge in [0.1, 0.15) is 0 Å². The second kappa shape index (κ2) is 5.75. The van der Waals surface area contributed by atoms with Crippen molar-refractivity contribution in [2.24, 2.45) is 5.92 Å². The smallest absolute Gasteiger partial charge is 0.229 e. The summed E-state index contributed by atoms with van der Waals surface area (Å²) in [5.41, 5.74) is 2.13. The molecule has 0 aliphatic heterocycles. The fourth-order valence-corrected chi connectivity index (χ4v) is 3.68. The molecule has 0 unspecified atom stereocenters. The lowest BCUT2D eigenvalue weighted by molar-refractivity contribution is -0.119. The lowest BCUT2D eigenvalue weighted by Gasteiger charge is -2.07. The normalized spacial score (nSPS) is 15.4. The SMILES string of the molecule is Cc1nc(NC(=O)C2CCCC2)sc1-c1ccccc1. The molecule has 104 valence electrons. The van der Waals surface area contributed by atoms with E-state index in [-0.39, 0.29) is 11.8 Å². The molecule has 0 radical (unpaired) electrons. The molecule has 1 heterocycles. The first-order valence-electron chi connectivity index (χ1n) is 7.08. The first-order chi connectivity index (χ1) is 9.74. The zero-order chi connectivity index (χ0) is 13.9. The third-order valence-corrected chi connectivity index (χ3v) is 4.91.